The van der Waals surface area contributed by atoms with Crippen LogP contribution in [0.1, 0.15) is 16.9 Å². The van der Waals surface area contributed by atoms with Crippen LogP contribution < -0.4 is 4.74 Å². The van der Waals surface area contributed by atoms with Crippen molar-refractivity contribution in [2.75, 3.05) is 18.6 Å². The zero-order chi connectivity index (χ0) is 10.8. The SMILES string of the molecule is COc1cnn(C)c1C(=O)C1CCSC1. The highest BCUT2D eigenvalue weighted by Gasteiger charge is 2.28. The Morgan fingerprint density at radius 1 is 1.73 bits per heavy atom. The topological polar surface area (TPSA) is 44.1 Å². The molecule has 1 aliphatic rings. The lowest BCUT2D eigenvalue weighted by Gasteiger charge is -2.08. The Kier molecular flexibility index (Phi) is 3.00. The third-order valence-electron chi connectivity index (χ3n) is 2.66. The standard InChI is InChI=1S/C10H14N2O2S/c1-12-9(8(14-2)5-11-12)10(13)7-3-4-15-6-7/h5,7H,3-4,6H2,1-2H3. The second-order valence-electron chi connectivity index (χ2n) is 3.61. The average molecular weight is 226 g/mol. The molecular weight excluding hydrogens is 212 g/mol. The molecular formula is C10H14N2O2S. The number of rotatable bonds is 3. The van der Waals surface area contributed by atoms with Crippen molar-refractivity contribution in [1.29, 1.82) is 0 Å². The summed E-state index contributed by atoms with van der Waals surface area (Å²) in [5.74, 6) is 2.89. The van der Waals surface area contributed by atoms with E-state index in [0.29, 0.717) is 11.4 Å². The minimum Gasteiger partial charge on any atom is -0.493 e. The highest BCUT2D eigenvalue weighted by atomic mass is 32.2. The molecule has 15 heavy (non-hydrogen) atoms. The van der Waals surface area contributed by atoms with Gasteiger partial charge in [0.15, 0.2) is 11.5 Å². The molecule has 0 radical (unpaired) electrons. The number of carbonyl (C=O) groups excluding carboxylic acids is 1. The summed E-state index contributed by atoms with van der Waals surface area (Å²) < 4.78 is 6.74. The highest BCUT2D eigenvalue weighted by Crippen LogP contribution is 2.29. The van der Waals surface area contributed by atoms with Crippen molar-refractivity contribution in [3.63, 3.8) is 0 Å². The smallest absolute Gasteiger partial charge is 0.188 e. The van der Waals surface area contributed by atoms with Crippen molar-refractivity contribution >= 4 is 17.5 Å². The molecule has 4 nitrogen and oxygen atoms in total. The lowest BCUT2D eigenvalue weighted by atomic mass is 10.0. The number of ether oxygens (including phenoxy) is 1. The Hall–Kier alpha value is -0.970. The van der Waals surface area contributed by atoms with Crippen LogP contribution >= 0.6 is 11.8 Å². The quantitative estimate of drug-likeness (QED) is 0.730. The van der Waals surface area contributed by atoms with Gasteiger partial charge in [-0.1, -0.05) is 0 Å². The third-order valence-corrected chi connectivity index (χ3v) is 3.82. The molecule has 0 amide bonds. The third kappa shape index (κ3) is 1.88. The number of aryl methyl sites for hydroxylation is 1. The van der Waals surface area contributed by atoms with E-state index in [1.54, 1.807) is 25.0 Å². The van der Waals surface area contributed by atoms with E-state index in [1.165, 1.54) is 0 Å². The fourth-order valence-electron chi connectivity index (χ4n) is 1.78. The zero-order valence-corrected chi connectivity index (χ0v) is 9.71. The molecule has 0 spiro atoms. The summed E-state index contributed by atoms with van der Waals surface area (Å²) in [5.41, 5.74) is 0.602. The lowest BCUT2D eigenvalue weighted by molar-refractivity contribution is 0.0921. The Balaban J connectivity index is 2.27. The molecule has 0 bridgehead atoms. The minimum absolute atomic E-state index is 0.138. The molecule has 0 aromatic carbocycles. The maximum Gasteiger partial charge on any atom is 0.188 e. The van der Waals surface area contributed by atoms with E-state index in [4.69, 9.17) is 4.74 Å². The Labute approximate surface area is 93.0 Å². The number of nitrogens with zero attached hydrogens (tertiary/aromatic N) is 2. The molecule has 1 aromatic heterocycles. The minimum atomic E-state index is 0.138. The summed E-state index contributed by atoms with van der Waals surface area (Å²) in [6.07, 6.45) is 2.56. The predicted molar refractivity (Wildman–Crippen MR) is 59.5 cm³/mol. The van der Waals surface area contributed by atoms with Crippen molar-refractivity contribution in [2.45, 2.75) is 6.42 Å². The van der Waals surface area contributed by atoms with Crippen molar-refractivity contribution in [2.24, 2.45) is 13.0 Å². The van der Waals surface area contributed by atoms with Crippen LogP contribution in [0.25, 0.3) is 0 Å². The van der Waals surface area contributed by atoms with Gasteiger partial charge in [0.25, 0.3) is 0 Å². The van der Waals surface area contributed by atoms with Gasteiger partial charge in [0, 0.05) is 18.7 Å². The average Bonchev–Trinajstić information content (AvgIpc) is 2.85. The van der Waals surface area contributed by atoms with E-state index >= 15 is 0 Å². The van der Waals surface area contributed by atoms with Crippen LogP contribution in [0.15, 0.2) is 6.20 Å². The van der Waals surface area contributed by atoms with Gasteiger partial charge in [0.05, 0.1) is 13.3 Å². The van der Waals surface area contributed by atoms with Crippen molar-refractivity contribution in [1.82, 2.24) is 9.78 Å². The molecule has 1 atom stereocenters. The van der Waals surface area contributed by atoms with Crippen LogP contribution in [0.2, 0.25) is 0 Å². The summed E-state index contributed by atoms with van der Waals surface area (Å²) in [6, 6.07) is 0. The molecule has 0 aliphatic carbocycles. The summed E-state index contributed by atoms with van der Waals surface area (Å²) in [7, 11) is 3.34. The largest absolute Gasteiger partial charge is 0.493 e. The fraction of sp³-hybridized carbons (Fsp3) is 0.600. The van der Waals surface area contributed by atoms with E-state index < -0.39 is 0 Å². The van der Waals surface area contributed by atoms with Crippen LogP contribution in [0.4, 0.5) is 0 Å². The molecule has 5 heteroatoms. The Morgan fingerprint density at radius 2 is 2.53 bits per heavy atom. The summed E-state index contributed by atoms with van der Waals surface area (Å²) >= 11 is 1.84. The normalized spacial score (nSPS) is 20.5. The van der Waals surface area contributed by atoms with E-state index in [-0.39, 0.29) is 11.7 Å². The second-order valence-corrected chi connectivity index (χ2v) is 4.76. The first-order chi connectivity index (χ1) is 7.24. The van der Waals surface area contributed by atoms with Gasteiger partial charge in [0.1, 0.15) is 5.69 Å². The van der Waals surface area contributed by atoms with Gasteiger partial charge in [-0.15, -0.1) is 0 Å². The van der Waals surface area contributed by atoms with Crippen LogP contribution in [0, 0.1) is 5.92 Å². The first-order valence-electron chi connectivity index (χ1n) is 4.92. The van der Waals surface area contributed by atoms with Crippen molar-refractivity contribution in [3.05, 3.63) is 11.9 Å². The number of aromatic nitrogens is 2. The Morgan fingerprint density at radius 3 is 3.13 bits per heavy atom. The van der Waals surface area contributed by atoms with Crippen molar-refractivity contribution in [3.8, 4) is 5.75 Å². The van der Waals surface area contributed by atoms with Gasteiger partial charge in [0.2, 0.25) is 0 Å². The van der Waals surface area contributed by atoms with Gasteiger partial charge in [-0.25, -0.2) is 0 Å². The van der Waals surface area contributed by atoms with E-state index in [1.807, 2.05) is 11.8 Å². The molecule has 1 saturated heterocycles. The maximum absolute atomic E-state index is 12.2. The number of methoxy groups -OCH3 is 1. The monoisotopic (exact) mass is 226 g/mol. The highest BCUT2D eigenvalue weighted by molar-refractivity contribution is 7.99. The van der Waals surface area contributed by atoms with Gasteiger partial charge in [-0.3, -0.25) is 9.48 Å². The van der Waals surface area contributed by atoms with E-state index in [9.17, 15) is 4.79 Å². The first kappa shape index (κ1) is 10.5. The first-order valence-corrected chi connectivity index (χ1v) is 6.07. The Bertz CT molecular complexity index is 369. The maximum atomic E-state index is 12.2. The van der Waals surface area contributed by atoms with Crippen molar-refractivity contribution < 1.29 is 9.53 Å². The number of carbonyl (C=O) groups is 1. The van der Waals surface area contributed by atoms with Crippen LogP contribution in [-0.4, -0.2) is 34.2 Å². The van der Waals surface area contributed by atoms with E-state index in [0.717, 1.165) is 17.9 Å². The van der Waals surface area contributed by atoms with Crippen LogP contribution in [0.3, 0.4) is 0 Å². The van der Waals surface area contributed by atoms with Gasteiger partial charge in [-0.05, 0) is 12.2 Å². The molecule has 0 saturated carbocycles. The molecule has 2 heterocycles. The van der Waals surface area contributed by atoms with Gasteiger partial charge < -0.3 is 4.74 Å². The number of thioether (sulfide) groups is 1. The molecule has 1 unspecified atom stereocenters. The van der Waals surface area contributed by atoms with E-state index in [2.05, 4.69) is 5.10 Å². The lowest BCUT2D eigenvalue weighted by Crippen LogP contribution is -2.18. The number of Topliss-reactive ketones (excluding diaryl/α,β-unsaturated/α-hetero) is 1. The van der Waals surface area contributed by atoms with Crippen LogP contribution in [-0.2, 0) is 7.05 Å². The molecule has 2 rings (SSSR count). The molecule has 1 aliphatic heterocycles. The predicted octanol–water partition coefficient (Wildman–Crippen LogP) is 1.36. The van der Waals surface area contributed by atoms with Crippen LogP contribution in [0.5, 0.6) is 5.75 Å². The molecule has 0 N–H and O–H groups in total. The van der Waals surface area contributed by atoms with Gasteiger partial charge >= 0.3 is 0 Å². The second kappa shape index (κ2) is 4.26. The number of hydrogen-bond acceptors (Lipinski definition) is 4. The number of ketones is 1. The summed E-state index contributed by atoms with van der Waals surface area (Å²) in [5, 5.41) is 4.04. The molecule has 1 aromatic rings. The molecule has 1 fully saturated rings. The molecule has 82 valence electrons. The summed E-state index contributed by atoms with van der Waals surface area (Å²) in [4.78, 5) is 12.2. The number of hydrogen-bond donors (Lipinski definition) is 0. The fourth-order valence-corrected chi connectivity index (χ4v) is 3.00. The summed E-state index contributed by atoms with van der Waals surface area (Å²) in [6.45, 7) is 0. The zero-order valence-electron chi connectivity index (χ0n) is 8.90. The van der Waals surface area contributed by atoms with Gasteiger partial charge in [-0.2, -0.15) is 16.9 Å².